The second kappa shape index (κ2) is 14.9. The third-order valence-electron chi connectivity index (χ3n) is 6.70. The lowest BCUT2D eigenvalue weighted by molar-refractivity contribution is -0.141. The van der Waals surface area contributed by atoms with E-state index < -0.39 is 16.1 Å². The summed E-state index contributed by atoms with van der Waals surface area (Å²) in [6.45, 7) is 7.76. The van der Waals surface area contributed by atoms with Gasteiger partial charge in [-0.25, -0.2) is 8.42 Å². The first-order valence-corrected chi connectivity index (χ1v) is 16.5. The van der Waals surface area contributed by atoms with Crippen LogP contribution in [0.4, 0.5) is 5.69 Å². The van der Waals surface area contributed by atoms with E-state index in [0.717, 1.165) is 22.9 Å². The number of hydrogen-bond donors (Lipinski definition) is 1. The number of sulfonamides is 1. The van der Waals surface area contributed by atoms with Crippen molar-refractivity contribution in [1.82, 2.24) is 10.2 Å². The number of nitrogens with one attached hydrogen (secondary N) is 1. The fraction of sp³-hybridized carbons (Fsp3) is 0.375. The molecule has 10 heteroatoms. The summed E-state index contributed by atoms with van der Waals surface area (Å²) < 4.78 is 26.8. The monoisotopic (exact) mass is 631 g/mol. The molecule has 0 radical (unpaired) electrons. The van der Waals surface area contributed by atoms with Gasteiger partial charge in [0.05, 0.1) is 11.9 Å². The summed E-state index contributed by atoms with van der Waals surface area (Å²) in [5.41, 5.74) is 4.00. The van der Waals surface area contributed by atoms with Crippen LogP contribution in [0.3, 0.4) is 0 Å². The number of carbonyl (C=O) groups excluding carboxylic acids is 2. The normalized spacial score (nSPS) is 12.2. The summed E-state index contributed by atoms with van der Waals surface area (Å²) in [5, 5.41) is 3.81. The van der Waals surface area contributed by atoms with Crippen LogP contribution in [-0.2, 0) is 32.6 Å². The molecular formula is C32H39Cl2N3O4S. The predicted molar refractivity (Wildman–Crippen MR) is 172 cm³/mol. The van der Waals surface area contributed by atoms with Gasteiger partial charge in [-0.1, -0.05) is 65.7 Å². The molecule has 1 N–H and O–H groups in total. The Hall–Kier alpha value is -3.07. The van der Waals surface area contributed by atoms with Crippen LogP contribution in [0.1, 0.15) is 48.9 Å². The van der Waals surface area contributed by atoms with Crippen LogP contribution in [-0.4, -0.2) is 50.0 Å². The average Bonchev–Trinajstić information content (AvgIpc) is 2.88. The Morgan fingerprint density at radius 2 is 1.57 bits per heavy atom. The highest BCUT2D eigenvalue weighted by molar-refractivity contribution is 7.92. The lowest BCUT2D eigenvalue weighted by atomic mass is 10.0. The third kappa shape index (κ3) is 9.75. The van der Waals surface area contributed by atoms with Gasteiger partial charge in [-0.3, -0.25) is 13.9 Å². The Labute approximate surface area is 259 Å². The summed E-state index contributed by atoms with van der Waals surface area (Å²) in [6, 6.07) is 19.2. The molecule has 0 bridgehead atoms. The molecule has 226 valence electrons. The highest BCUT2D eigenvalue weighted by atomic mass is 35.5. The van der Waals surface area contributed by atoms with E-state index in [0.29, 0.717) is 27.7 Å². The number of halogens is 2. The van der Waals surface area contributed by atoms with Crippen molar-refractivity contribution >= 4 is 50.7 Å². The molecule has 0 unspecified atom stereocenters. The van der Waals surface area contributed by atoms with E-state index in [2.05, 4.69) is 5.32 Å². The number of carbonyl (C=O) groups is 2. The molecule has 42 heavy (non-hydrogen) atoms. The van der Waals surface area contributed by atoms with E-state index in [1.807, 2.05) is 76.2 Å². The minimum atomic E-state index is -3.60. The van der Waals surface area contributed by atoms with Crippen molar-refractivity contribution in [3.63, 3.8) is 0 Å². The fourth-order valence-corrected chi connectivity index (χ4v) is 6.28. The number of aryl methyl sites for hydroxylation is 2. The smallest absolute Gasteiger partial charge is 0.243 e. The standard InChI is InChI=1S/C32H39Cl2N3O4S/c1-22(2)35-32(39)30(19-25-10-7-6-8-11-25)36(21-26-13-14-27(33)20-29(26)34)31(38)12-9-15-37(42(5,40)41)28-17-23(3)16-24(4)18-28/h6-8,10-11,13-14,16-18,20,22,30H,9,12,15,19,21H2,1-5H3,(H,35,39)/t30-/m0/s1. The van der Waals surface area contributed by atoms with Gasteiger partial charge in [0.1, 0.15) is 6.04 Å². The van der Waals surface area contributed by atoms with E-state index in [1.54, 1.807) is 23.1 Å². The summed E-state index contributed by atoms with van der Waals surface area (Å²) in [4.78, 5) is 29.0. The minimum Gasteiger partial charge on any atom is -0.352 e. The number of rotatable bonds is 13. The summed E-state index contributed by atoms with van der Waals surface area (Å²) in [6.07, 6.45) is 1.75. The van der Waals surface area contributed by atoms with Crippen molar-refractivity contribution in [2.75, 3.05) is 17.1 Å². The first kappa shape index (κ1) is 33.4. The molecule has 0 saturated carbocycles. The molecule has 0 heterocycles. The highest BCUT2D eigenvalue weighted by Gasteiger charge is 2.31. The SMILES string of the molecule is Cc1cc(C)cc(N(CCCC(=O)N(Cc2ccc(Cl)cc2Cl)[C@@H](Cc2ccccc2)C(=O)NC(C)C)S(C)(=O)=O)c1. The molecule has 3 aromatic carbocycles. The van der Waals surface area contributed by atoms with Crippen LogP contribution in [0.2, 0.25) is 10.0 Å². The molecule has 3 aromatic rings. The first-order valence-electron chi connectivity index (χ1n) is 13.9. The van der Waals surface area contributed by atoms with Gasteiger partial charge in [-0.2, -0.15) is 0 Å². The van der Waals surface area contributed by atoms with Crippen LogP contribution >= 0.6 is 23.2 Å². The molecular weight excluding hydrogens is 593 g/mol. The van der Waals surface area contributed by atoms with Crippen LogP contribution < -0.4 is 9.62 Å². The maximum atomic E-state index is 13.9. The number of benzene rings is 3. The Balaban J connectivity index is 1.92. The summed E-state index contributed by atoms with van der Waals surface area (Å²) in [5.74, 6) is -0.560. The Morgan fingerprint density at radius 1 is 0.929 bits per heavy atom. The topological polar surface area (TPSA) is 86.8 Å². The van der Waals surface area contributed by atoms with Gasteiger partial charge in [-0.15, -0.1) is 0 Å². The van der Waals surface area contributed by atoms with Crippen LogP contribution in [0.5, 0.6) is 0 Å². The van der Waals surface area contributed by atoms with Gasteiger partial charge in [0.2, 0.25) is 21.8 Å². The maximum Gasteiger partial charge on any atom is 0.243 e. The number of hydrogen-bond acceptors (Lipinski definition) is 4. The molecule has 0 aliphatic carbocycles. The Kier molecular flexibility index (Phi) is 11.9. The second-order valence-electron chi connectivity index (χ2n) is 10.9. The van der Waals surface area contributed by atoms with E-state index in [9.17, 15) is 18.0 Å². The molecule has 0 fully saturated rings. The second-order valence-corrected chi connectivity index (χ2v) is 13.7. The molecule has 3 rings (SSSR count). The van der Waals surface area contributed by atoms with Crippen molar-refractivity contribution in [2.45, 2.75) is 65.6 Å². The van der Waals surface area contributed by atoms with Gasteiger partial charge in [0.25, 0.3) is 0 Å². The van der Waals surface area contributed by atoms with Crippen LogP contribution in [0, 0.1) is 13.8 Å². The molecule has 1 atom stereocenters. The molecule has 7 nitrogen and oxygen atoms in total. The van der Waals surface area contributed by atoms with E-state index >= 15 is 0 Å². The zero-order valence-corrected chi connectivity index (χ0v) is 27.1. The Morgan fingerprint density at radius 3 is 2.14 bits per heavy atom. The maximum absolute atomic E-state index is 13.9. The summed E-state index contributed by atoms with van der Waals surface area (Å²) >= 11 is 12.6. The fourth-order valence-electron chi connectivity index (χ4n) is 4.87. The van der Waals surface area contributed by atoms with Gasteiger partial charge in [0, 0.05) is 42.0 Å². The minimum absolute atomic E-state index is 0.0300. The van der Waals surface area contributed by atoms with E-state index in [1.165, 1.54) is 4.31 Å². The number of anilines is 1. The van der Waals surface area contributed by atoms with Crippen molar-refractivity contribution in [3.05, 3.63) is 99.0 Å². The summed E-state index contributed by atoms with van der Waals surface area (Å²) in [7, 11) is -3.60. The molecule has 0 aromatic heterocycles. The first-order chi connectivity index (χ1) is 19.7. The molecule has 0 saturated heterocycles. The molecule has 2 amide bonds. The largest absolute Gasteiger partial charge is 0.352 e. The number of amides is 2. The highest BCUT2D eigenvalue weighted by Crippen LogP contribution is 2.26. The van der Waals surface area contributed by atoms with Crippen molar-refractivity contribution in [2.24, 2.45) is 0 Å². The third-order valence-corrected chi connectivity index (χ3v) is 8.49. The average molecular weight is 633 g/mol. The zero-order valence-electron chi connectivity index (χ0n) is 24.7. The lowest BCUT2D eigenvalue weighted by Crippen LogP contribution is -2.51. The van der Waals surface area contributed by atoms with Crippen molar-refractivity contribution < 1.29 is 18.0 Å². The Bertz CT molecular complexity index is 1480. The van der Waals surface area contributed by atoms with Crippen LogP contribution in [0.15, 0.2) is 66.7 Å². The van der Waals surface area contributed by atoms with Gasteiger partial charge in [-0.05, 0) is 80.6 Å². The number of nitrogens with zero attached hydrogens (tertiary/aromatic N) is 2. The molecule has 0 aliphatic heterocycles. The quantitative estimate of drug-likeness (QED) is 0.239. The van der Waals surface area contributed by atoms with Crippen LogP contribution in [0.25, 0.3) is 0 Å². The zero-order chi connectivity index (χ0) is 31.0. The van der Waals surface area contributed by atoms with Gasteiger partial charge < -0.3 is 10.2 Å². The van der Waals surface area contributed by atoms with Crippen molar-refractivity contribution in [3.8, 4) is 0 Å². The molecule has 0 aliphatic rings. The van der Waals surface area contributed by atoms with E-state index in [4.69, 9.17) is 23.2 Å². The van der Waals surface area contributed by atoms with E-state index in [-0.39, 0.29) is 43.8 Å². The van der Waals surface area contributed by atoms with Gasteiger partial charge in [0.15, 0.2) is 0 Å². The predicted octanol–water partition coefficient (Wildman–Crippen LogP) is 6.32. The lowest BCUT2D eigenvalue weighted by Gasteiger charge is -2.32. The molecule has 0 spiro atoms. The van der Waals surface area contributed by atoms with Gasteiger partial charge >= 0.3 is 0 Å². The van der Waals surface area contributed by atoms with Crippen molar-refractivity contribution in [1.29, 1.82) is 0 Å².